The Bertz CT molecular complexity index is 3480. The minimum atomic E-state index is 0.666. The molecule has 278 valence electrons. The topological polar surface area (TPSA) is 71.9 Å². The smallest absolute Gasteiger partial charge is 0.206 e. The van der Waals surface area contributed by atoms with Crippen molar-refractivity contribution in [1.82, 2.24) is 4.98 Å². The lowest BCUT2D eigenvalue weighted by atomic mass is 10.1. The number of rotatable bonds is 6. The van der Waals surface area contributed by atoms with Crippen LogP contribution in [-0.2, 0) is 0 Å². The number of fused-ring (bicyclic) bond motifs is 11. The molecule has 7 aromatic carbocycles. The molecule has 59 heavy (non-hydrogen) atoms. The van der Waals surface area contributed by atoms with Gasteiger partial charge in [0.05, 0.1) is 17.1 Å². The molecule has 0 spiro atoms. The SMILES string of the molecule is c1ccc2oc(N(c3ccc4c(c3)oc3ccccc34)c3ccc4c(c3)sc3nc(N(c5ccc6c(c5)oc5ccccc56)c5cc6ccccc6o5)ccc34)cc2c1. The molecule has 0 saturated heterocycles. The summed E-state index contributed by atoms with van der Waals surface area (Å²) >= 11 is 1.66. The van der Waals surface area contributed by atoms with E-state index in [9.17, 15) is 0 Å². The van der Waals surface area contributed by atoms with Gasteiger partial charge < -0.3 is 17.7 Å². The summed E-state index contributed by atoms with van der Waals surface area (Å²) in [5.41, 5.74) is 7.74. The number of anilines is 6. The fourth-order valence-corrected chi connectivity index (χ4v) is 9.64. The van der Waals surface area contributed by atoms with E-state index < -0.39 is 0 Å². The molecule has 0 unspecified atom stereocenters. The van der Waals surface area contributed by atoms with Crippen molar-refractivity contribution in [3.63, 3.8) is 0 Å². The van der Waals surface area contributed by atoms with Gasteiger partial charge in [0.15, 0.2) is 0 Å². The molecular formula is C51H29N3O4S. The maximum absolute atomic E-state index is 6.54. The second-order valence-corrected chi connectivity index (χ2v) is 15.8. The van der Waals surface area contributed by atoms with Crippen LogP contribution in [0.1, 0.15) is 0 Å². The molecule has 0 aliphatic carbocycles. The number of furan rings is 4. The number of para-hydroxylation sites is 4. The van der Waals surface area contributed by atoms with Gasteiger partial charge in [0.2, 0.25) is 11.8 Å². The van der Waals surface area contributed by atoms with Crippen molar-refractivity contribution < 1.29 is 17.7 Å². The van der Waals surface area contributed by atoms with Crippen LogP contribution in [0.15, 0.2) is 194 Å². The lowest BCUT2D eigenvalue weighted by molar-refractivity contribution is 0.619. The summed E-state index contributed by atoms with van der Waals surface area (Å²) < 4.78 is 26.8. The van der Waals surface area contributed by atoms with Crippen LogP contribution >= 0.6 is 11.3 Å². The molecule has 0 bridgehead atoms. The molecule has 6 heterocycles. The van der Waals surface area contributed by atoms with Gasteiger partial charge >= 0.3 is 0 Å². The fraction of sp³-hybridized carbons (Fsp3) is 0. The van der Waals surface area contributed by atoms with Crippen LogP contribution < -0.4 is 9.80 Å². The van der Waals surface area contributed by atoms with Crippen LogP contribution in [0.4, 0.5) is 34.6 Å². The largest absolute Gasteiger partial charge is 0.456 e. The predicted molar refractivity (Wildman–Crippen MR) is 241 cm³/mol. The summed E-state index contributed by atoms with van der Waals surface area (Å²) in [4.78, 5) is 10.5. The highest BCUT2D eigenvalue weighted by molar-refractivity contribution is 7.25. The zero-order valence-electron chi connectivity index (χ0n) is 31.1. The van der Waals surface area contributed by atoms with Gasteiger partial charge in [0.1, 0.15) is 44.1 Å². The minimum Gasteiger partial charge on any atom is -0.456 e. The fourth-order valence-electron chi connectivity index (χ4n) is 8.54. The molecule has 0 atom stereocenters. The number of aromatic nitrogens is 1. The average Bonchev–Trinajstić information content (AvgIpc) is 4.10. The highest BCUT2D eigenvalue weighted by Crippen LogP contribution is 2.45. The van der Waals surface area contributed by atoms with Crippen LogP contribution in [0, 0.1) is 0 Å². The molecule has 13 rings (SSSR count). The molecule has 6 aromatic heterocycles. The molecule has 0 N–H and O–H groups in total. The van der Waals surface area contributed by atoms with E-state index in [4.69, 9.17) is 22.7 Å². The Morgan fingerprint density at radius 1 is 0.356 bits per heavy atom. The van der Waals surface area contributed by atoms with E-state index in [1.54, 1.807) is 11.3 Å². The van der Waals surface area contributed by atoms with Crippen molar-refractivity contribution in [3.05, 3.63) is 176 Å². The molecule has 0 fully saturated rings. The Labute approximate surface area is 339 Å². The Kier molecular flexibility index (Phi) is 6.76. The Morgan fingerprint density at radius 2 is 0.831 bits per heavy atom. The second-order valence-electron chi connectivity index (χ2n) is 14.8. The van der Waals surface area contributed by atoms with E-state index in [0.29, 0.717) is 11.8 Å². The summed E-state index contributed by atoms with van der Waals surface area (Å²) in [7, 11) is 0. The molecule has 0 amide bonds. The third-order valence-electron chi connectivity index (χ3n) is 11.3. The number of nitrogens with zero attached hydrogens (tertiary/aromatic N) is 3. The van der Waals surface area contributed by atoms with Gasteiger partial charge in [-0.3, -0.25) is 9.80 Å². The number of benzene rings is 7. The normalized spacial score (nSPS) is 12.1. The zero-order chi connectivity index (χ0) is 38.6. The standard InChI is InChI=1S/C51H29N3O4S/c1-5-13-41-30(9-1)25-49(57-41)53(32-17-20-37-35-11-3-7-15-43(35)55-45(37)27-32)34-19-22-39-40-23-24-48(52-51(40)59-47(39)29-34)54(50-26-31-10-2-6-14-42(31)58-50)33-18-21-38-36-12-4-8-16-44(36)56-46(38)28-33/h1-29H. The molecule has 8 heteroatoms. The van der Waals surface area contributed by atoms with Crippen molar-refractivity contribution in [1.29, 1.82) is 0 Å². The van der Waals surface area contributed by atoms with E-state index in [2.05, 4.69) is 113 Å². The molecular weight excluding hydrogens is 751 g/mol. The highest BCUT2D eigenvalue weighted by atomic mass is 32.1. The van der Waals surface area contributed by atoms with Crippen molar-refractivity contribution >= 4 is 132 Å². The highest BCUT2D eigenvalue weighted by Gasteiger charge is 2.23. The van der Waals surface area contributed by atoms with Gasteiger partial charge in [-0.05, 0) is 72.8 Å². The summed E-state index contributed by atoms with van der Waals surface area (Å²) in [6.45, 7) is 0. The summed E-state index contributed by atoms with van der Waals surface area (Å²) in [6.07, 6.45) is 0. The Morgan fingerprint density at radius 3 is 1.44 bits per heavy atom. The minimum absolute atomic E-state index is 0.666. The number of hydrogen-bond acceptors (Lipinski definition) is 8. The van der Waals surface area contributed by atoms with E-state index >= 15 is 0 Å². The maximum atomic E-state index is 6.54. The number of pyridine rings is 1. The summed E-state index contributed by atoms with van der Waals surface area (Å²) in [6, 6.07) is 60.1. The van der Waals surface area contributed by atoms with Crippen molar-refractivity contribution in [2.24, 2.45) is 0 Å². The molecule has 13 aromatic rings. The first-order chi connectivity index (χ1) is 29.2. The molecule has 7 nitrogen and oxygen atoms in total. The molecule has 0 aliphatic rings. The summed E-state index contributed by atoms with van der Waals surface area (Å²) in [5, 5.41) is 8.57. The monoisotopic (exact) mass is 779 g/mol. The number of thiophene rings is 1. The third-order valence-corrected chi connectivity index (χ3v) is 12.4. The van der Waals surface area contributed by atoms with E-state index in [0.717, 1.165) is 109 Å². The van der Waals surface area contributed by atoms with Gasteiger partial charge in [-0.1, -0.05) is 78.9 Å². The van der Waals surface area contributed by atoms with Gasteiger partial charge in [-0.15, -0.1) is 11.3 Å². The first-order valence-corrected chi connectivity index (χ1v) is 20.2. The lowest BCUT2D eigenvalue weighted by Crippen LogP contribution is -2.10. The summed E-state index contributed by atoms with van der Waals surface area (Å²) in [5.74, 6) is 2.12. The van der Waals surface area contributed by atoms with Crippen LogP contribution in [-0.4, -0.2) is 4.98 Å². The first kappa shape index (κ1) is 32.3. The van der Waals surface area contributed by atoms with E-state index in [1.165, 1.54) is 0 Å². The van der Waals surface area contributed by atoms with Crippen LogP contribution in [0.2, 0.25) is 0 Å². The van der Waals surface area contributed by atoms with Crippen molar-refractivity contribution in [2.75, 3.05) is 9.80 Å². The van der Waals surface area contributed by atoms with Crippen molar-refractivity contribution in [3.8, 4) is 0 Å². The quantitative estimate of drug-likeness (QED) is 0.166. The lowest BCUT2D eigenvalue weighted by Gasteiger charge is -2.22. The van der Waals surface area contributed by atoms with Gasteiger partial charge in [-0.2, -0.15) is 0 Å². The first-order valence-electron chi connectivity index (χ1n) is 19.4. The third kappa shape index (κ3) is 5.03. The van der Waals surface area contributed by atoms with Crippen LogP contribution in [0.25, 0.3) is 86.1 Å². The van der Waals surface area contributed by atoms with Crippen LogP contribution in [0.5, 0.6) is 0 Å². The Balaban J connectivity index is 0.959. The van der Waals surface area contributed by atoms with E-state index in [1.807, 2.05) is 72.8 Å². The second kappa shape index (κ2) is 12.3. The molecule has 0 saturated carbocycles. The van der Waals surface area contributed by atoms with Gasteiger partial charge in [-0.25, -0.2) is 4.98 Å². The predicted octanol–water partition coefficient (Wildman–Crippen LogP) is 15.7. The van der Waals surface area contributed by atoms with Crippen LogP contribution in [0.3, 0.4) is 0 Å². The average molecular weight is 780 g/mol. The van der Waals surface area contributed by atoms with Crippen molar-refractivity contribution in [2.45, 2.75) is 0 Å². The molecule has 0 radical (unpaired) electrons. The molecule has 0 aliphatic heterocycles. The van der Waals surface area contributed by atoms with Gasteiger partial charge in [0.25, 0.3) is 0 Å². The maximum Gasteiger partial charge on any atom is 0.206 e. The Hall–Kier alpha value is -7.81. The number of hydrogen-bond donors (Lipinski definition) is 0. The van der Waals surface area contributed by atoms with Gasteiger partial charge in [0, 0.05) is 72.1 Å². The zero-order valence-corrected chi connectivity index (χ0v) is 31.9. The van der Waals surface area contributed by atoms with E-state index in [-0.39, 0.29) is 0 Å².